The molecule has 1 rings (SSSR count). The van der Waals surface area contributed by atoms with Gasteiger partial charge in [0.2, 0.25) is 6.54 Å². The van der Waals surface area contributed by atoms with Crippen molar-refractivity contribution in [2.75, 3.05) is 0 Å². The first kappa shape index (κ1) is 10.6. The largest absolute Gasteiger partial charge is 0.294 e. The highest BCUT2D eigenvalue weighted by molar-refractivity contribution is 5.95. The molecule has 0 saturated carbocycles. The van der Waals surface area contributed by atoms with Crippen molar-refractivity contribution in [1.29, 1.82) is 0 Å². The second-order valence-electron chi connectivity index (χ2n) is 3.24. The lowest BCUT2D eigenvalue weighted by Gasteiger charge is -1.96. The maximum absolute atomic E-state index is 11.3. The molecule has 0 fully saturated rings. The Morgan fingerprint density at radius 1 is 1.29 bits per heavy atom. The zero-order valence-electron chi connectivity index (χ0n) is 8.49. The average Bonchev–Trinajstić information content (AvgIpc) is 2.17. The zero-order chi connectivity index (χ0) is 10.6. The van der Waals surface area contributed by atoms with E-state index in [1.807, 2.05) is 6.92 Å². The second-order valence-corrected chi connectivity index (χ2v) is 3.24. The van der Waals surface area contributed by atoms with Gasteiger partial charge in [0.25, 0.3) is 0 Å². The highest BCUT2D eigenvalue weighted by atomic mass is 16.1. The first-order chi connectivity index (χ1) is 6.63. The van der Waals surface area contributed by atoms with Gasteiger partial charge in [-0.2, -0.15) is 4.57 Å². The molecular formula is C11H14NO2+. The number of carbonyl (C=O) groups excluding carboxylic acids is 2. The molecule has 0 radical (unpaired) electrons. The summed E-state index contributed by atoms with van der Waals surface area (Å²) in [4.78, 5) is 22.1. The number of nitrogens with zero attached hydrogens (tertiary/aromatic N) is 1. The van der Waals surface area contributed by atoms with Crippen LogP contribution in [0.2, 0.25) is 0 Å². The van der Waals surface area contributed by atoms with E-state index in [9.17, 15) is 9.59 Å². The Kier molecular flexibility index (Phi) is 3.51. The Morgan fingerprint density at radius 2 is 1.86 bits per heavy atom. The number of Topliss-reactive ketones (excluding diaryl/α,β-unsaturated/α-hetero) is 2. The summed E-state index contributed by atoms with van der Waals surface area (Å²) in [5.41, 5.74) is 0.701. The molecule has 0 aliphatic heterocycles. The minimum Gasteiger partial charge on any atom is -0.294 e. The van der Waals surface area contributed by atoms with Crippen molar-refractivity contribution < 1.29 is 14.2 Å². The third-order valence-electron chi connectivity index (χ3n) is 1.94. The molecular weight excluding hydrogens is 178 g/mol. The molecule has 1 aromatic heterocycles. The van der Waals surface area contributed by atoms with Gasteiger partial charge >= 0.3 is 0 Å². The van der Waals surface area contributed by atoms with Crippen molar-refractivity contribution >= 4 is 11.6 Å². The van der Waals surface area contributed by atoms with Gasteiger partial charge in [-0.05, 0) is 0 Å². The van der Waals surface area contributed by atoms with Crippen LogP contribution in [0.4, 0.5) is 0 Å². The monoisotopic (exact) mass is 192 g/mol. The van der Waals surface area contributed by atoms with Crippen LogP contribution in [0, 0.1) is 0 Å². The third kappa shape index (κ3) is 2.76. The quantitative estimate of drug-likeness (QED) is 0.530. The zero-order valence-corrected chi connectivity index (χ0v) is 8.49. The molecule has 0 aromatic carbocycles. The molecule has 0 bridgehead atoms. The molecule has 74 valence electrons. The van der Waals surface area contributed by atoms with Crippen LogP contribution in [0.3, 0.4) is 0 Å². The summed E-state index contributed by atoms with van der Waals surface area (Å²) in [5, 5.41) is 0. The van der Waals surface area contributed by atoms with Crippen LogP contribution in [0.15, 0.2) is 24.5 Å². The molecule has 0 aliphatic carbocycles. The molecule has 0 atom stereocenters. The van der Waals surface area contributed by atoms with Gasteiger partial charge in [-0.15, -0.1) is 0 Å². The van der Waals surface area contributed by atoms with Crippen LogP contribution in [-0.2, 0) is 11.3 Å². The van der Waals surface area contributed by atoms with Crippen LogP contribution in [-0.4, -0.2) is 11.6 Å². The minimum atomic E-state index is 0.101. The Morgan fingerprint density at radius 3 is 2.29 bits per heavy atom. The van der Waals surface area contributed by atoms with E-state index in [1.165, 1.54) is 6.92 Å². The van der Waals surface area contributed by atoms with E-state index in [0.717, 1.165) is 0 Å². The lowest BCUT2D eigenvalue weighted by molar-refractivity contribution is -0.684. The number of hydrogen-bond acceptors (Lipinski definition) is 2. The highest BCUT2D eigenvalue weighted by Gasteiger charge is 2.07. The Bertz CT molecular complexity index is 341. The first-order valence-corrected chi connectivity index (χ1v) is 4.65. The molecule has 3 heteroatoms. The van der Waals surface area contributed by atoms with Crippen LogP contribution < -0.4 is 4.57 Å². The van der Waals surface area contributed by atoms with Crippen molar-refractivity contribution in [3.8, 4) is 0 Å². The van der Waals surface area contributed by atoms with Crippen molar-refractivity contribution in [2.24, 2.45) is 0 Å². The molecule has 0 saturated heterocycles. The minimum absolute atomic E-state index is 0.101. The first-order valence-electron chi connectivity index (χ1n) is 4.65. The summed E-state index contributed by atoms with van der Waals surface area (Å²) in [6, 6.07) is 3.49. The molecule has 0 N–H and O–H groups in total. The maximum Gasteiger partial charge on any atom is 0.206 e. The molecule has 3 nitrogen and oxygen atoms in total. The number of aromatic nitrogens is 1. The number of pyridine rings is 1. The predicted molar refractivity (Wildman–Crippen MR) is 51.9 cm³/mol. The van der Waals surface area contributed by atoms with E-state index in [-0.39, 0.29) is 11.6 Å². The molecule has 0 aliphatic rings. The smallest absolute Gasteiger partial charge is 0.206 e. The normalized spacial score (nSPS) is 9.86. The fourth-order valence-corrected chi connectivity index (χ4v) is 1.21. The topological polar surface area (TPSA) is 38.0 Å². The lowest BCUT2D eigenvalue weighted by Crippen LogP contribution is -2.36. The lowest BCUT2D eigenvalue weighted by atomic mass is 10.1. The molecule has 0 unspecified atom stereocenters. The predicted octanol–water partition coefficient (Wildman–Crippen LogP) is 1.16. The van der Waals surface area contributed by atoms with Gasteiger partial charge in [-0.1, -0.05) is 6.92 Å². The van der Waals surface area contributed by atoms with Crippen molar-refractivity contribution in [1.82, 2.24) is 0 Å². The van der Waals surface area contributed by atoms with Crippen molar-refractivity contribution in [2.45, 2.75) is 26.8 Å². The van der Waals surface area contributed by atoms with E-state index >= 15 is 0 Å². The number of hydrogen-bond donors (Lipinski definition) is 0. The van der Waals surface area contributed by atoms with Crippen molar-refractivity contribution in [3.05, 3.63) is 30.1 Å². The summed E-state index contributed by atoms with van der Waals surface area (Å²) in [6.45, 7) is 3.73. The SMILES string of the molecule is CCC(=O)c1cc[n+](CC(C)=O)cc1. The van der Waals surface area contributed by atoms with Crippen LogP contribution in [0.25, 0.3) is 0 Å². The van der Waals surface area contributed by atoms with Crippen LogP contribution in [0.1, 0.15) is 30.6 Å². The molecule has 1 aromatic rings. The van der Waals surface area contributed by atoms with E-state index < -0.39 is 0 Å². The van der Waals surface area contributed by atoms with Gasteiger partial charge in [0.15, 0.2) is 24.0 Å². The standard InChI is InChI=1S/C11H14NO2/c1-3-11(14)10-4-6-12(7-5-10)8-9(2)13/h4-7H,3,8H2,1-2H3/q+1. The number of rotatable bonds is 4. The molecule has 0 spiro atoms. The van der Waals surface area contributed by atoms with Crippen LogP contribution >= 0.6 is 0 Å². The second kappa shape index (κ2) is 4.65. The third-order valence-corrected chi connectivity index (χ3v) is 1.94. The fraction of sp³-hybridized carbons (Fsp3) is 0.364. The molecule has 14 heavy (non-hydrogen) atoms. The van der Waals surface area contributed by atoms with Gasteiger partial charge in [-0.25, -0.2) is 0 Å². The summed E-state index contributed by atoms with van der Waals surface area (Å²) < 4.78 is 1.76. The number of carbonyl (C=O) groups is 2. The molecule has 1 heterocycles. The van der Waals surface area contributed by atoms with Gasteiger partial charge in [0, 0.05) is 31.0 Å². The van der Waals surface area contributed by atoms with Gasteiger partial charge in [0.1, 0.15) is 0 Å². The van der Waals surface area contributed by atoms with Crippen LogP contribution in [0.5, 0.6) is 0 Å². The van der Waals surface area contributed by atoms with Crippen molar-refractivity contribution in [3.63, 3.8) is 0 Å². The average molecular weight is 192 g/mol. The van der Waals surface area contributed by atoms with E-state index in [1.54, 1.807) is 29.1 Å². The van der Waals surface area contributed by atoms with E-state index in [0.29, 0.717) is 18.5 Å². The number of ketones is 2. The van der Waals surface area contributed by atoms with Gasteiger partial charge in [0.05, 0.1) is 0 Å². The maximum atomic E-state index is 11.3. The van der Waals surface area contributed by atoms with Gasteiger partial charge in [-0.3, -0.25) is 9.59 Å². The fourth-order valence-electron chi connectivity index (χ4n) is 1.21. The summed E-state index contributed by atoms with van der Waals surface area (Å²) in [6.07, 6.45) is 4.02. The molecule has 0 amide bonds. The highest BCUT2D eigenvalue weighted by Crippen LogP contribution is 1.99. The van der Waals surface area contributed by atoms with E-state index in [4.69, 9.17) is 0 Å². The summed E-state index contributed by atoms with van der Waals surface area (Å²) >= 11 is 0. The Balaban J connectivity index is 2.78. The Hall–Kier alpha value is -1.51. The summed E-state index contributed by atoms with van der Waals surface area (Å²) in [5.74, 6) is 0.226. The summed E-state index contributed by atoms with van der Waals surface area (Å²) in [7, 11) is 0. The Labute approximate surface area is 83.4 Å². The van der Waals surface area contributed by atoms with E-state index in [2.05, 4.69) is 0 Å². The van der Waals surface area contributed by atoms with Gasteiger partial charge < -0.3 is 0 Å².